The molecule has 1 N–H and O–H groups in total. The molecule has 34 heavy (non-hydrogen) atoms. The van der Waals surface area contributed by atoms with Crippen LogP contribution in [0.4, 0.5) is 0 Å². The van der Waals surface area contributed by atoms with Crippen LogP contribution in [0.15, 0.2) is 18.2 Å². The summed E-state index contributed by atoms with van der Waals surface area (Å²) in [5.41, 5.74) is 2.77. The molecule has 0 unspecified atom stereocenters. The number of methoxy groups -OCH3 is 1. The molecule has 9 heteroatoms. The lowest BCUT2D eigenvalue weighted by Crippen LogP contribution is -2.68. The van der Waals surface area contributed by atoms with Gasteiger partial charge in [0.25, 0.3) is 0 Å². The summed E-state index contributed by atoms with van der Waals surface area (Å²) in [6.07, 6.45) is 0.467. The van der Waals surface area contributed by atoms with Gasteiger partial charge in [0, 0.05) is 63.3 Å². The first-order valence-electron chi connectivity index (χ1n) is 12.1. The van der Waals surface area contributed by atoms with Crippen LogP contribution in [0.1, 0.15) is 30.6 Å². The highest BCUT2D eigenvalue weighted by Crippen LogP contribution is 2.49. The first-order chi connectivity index (χ1) is 16.4. The number of aliphatic hydroxyl groups excluding tert-OH is 1. The minimum Gasteiger partial charge on any atom is -0.497 e. The van der Waals surface area contributed by atoms with Crippen LogP contribution < -0.4 is 4.74 Å². The summed E-state index contributed by atoms with van der Waals surface area (Å²) in [4.78, 5) is 31.9. The lowest BCUT2D eigenvalue weighted by molar-refractivity contribution is -0.146. The number of hydrogen-bond acceptors (Lipinski definition) is 6. The van der Waals surface area contributed by atoms with Crippen LogP contribution in [0.3, 0.4) is 0 Å². The molecule has 0 aliphatic carbocycles. The van der Waals surface area contributed by atoms with Crippen molar-refractivity contribution in [2.75, 3.05) is 66.2 Å². The van der Waals surface area contributed by atoms with E-state index in [1.165, 1.54) is 0 Å². The minimum absolute atomic E-state index is 0.00841. The fourth-order valence-corrected chi connectivity index (χ4v) is 6.00. The van der Waals surface area contributed by atoms with E-state index in [2.05, 4.69) is 15.5 Å². The number of nitrogens with zero attached hydrogens (tertiary/aromatic N) is 4. The normalized spacial score (nSPS) is 22.1. The number of aromatic nitrogens is 1. The predicted molar refractivity (Wildman–Crippen MR) is 127 cm³/mol. The third kappa shape index (κ3) is 3.57. The number of ether oxygens (including phenoxy) is 2. The summed E-state index contributed by atoms with van der Waals surface area (Å²) < 4.78 is 13.0. The van der Waals surface area contributed by atoms with Gasteiger partial charge in [-0.1, -0.05) is 6.92 Å². The second-order valence-corrected chi connectivity index (χ2v) is 9.69. The van der Waals surface area contributed by atoms with Crippen molar-refractivity contribution in [2.24, 2.45) is 7.05 Å². The van der Waals surface area contributed by atoms with Crippen LogP contribution in [-0.4, -0.2) is 102 Å². The predicted octanol–water partition coefficient (Wildman–Crippen LogP) is 0.885. The first kappa shape index (κ1) is 23.1. The molecule has 4 heterocycles. The van der Waals surface area contributed by atoms with E-state index in [0.717, 1.165) is 41.0 Å². The quantitative estimate of drug-likeness (QED) is 0.698. The van der Waals surface area contributed by atoms with E-state index >= 15 is 0 Å². The van der Waals surface area contributed by atoms with Crippen molar-refractivity contribution in [2.45, 2.75) is 24.8 Å². The highest BCUT2D eigenvalue weighted by Gasteiger charge is 2.55. The zero-order valence-corrected chi connectivity index (χ0v) is 20.2. The van der Waals surface area contributed by atoms with Gasteiger partial charge in [0.15, 0.2) is 0 Å². The molecule has 9 nitrogen and oxygen atoms in total. The molecule has 1 aromatic carbocycles. The van der Waals surface area contributed by atoms with E-state index in [9.17, 15) is 14.7 Å². The van der Waals surface area contributed by atoms with Gasteiger partial charge in [-0.15, -0.1) is 0 Å². The molecule has 0 bridgehead atoms. The fourth-order valence-electron chi connectivity index (χ4n) is 6.00. The number of carbonyl (C=O) groups is 2. The Labute approximate surface area is 199 Å². The van der Waals surface area contributed by atoms with Gasteiger partial charge in [-0.2, -0.15) is 0 Å². The van der Waals surface area contributed by atoms with Crippen molar-refractivity contribution < 1.29 is 24.2 Å². The number of amides is 2. The molecule has 3 aliphatic heterocycles. The topological polar surface area (TPSA) is 87.5 Å². The summed E-state index contributed by atoms with van der Waals surface area (Å²) in [6.45, 7) is 6.40. The number of aliphatic hydroxyl groups is 1. The standard InChI is InChI=1S/C25H34N4O5/c1-4-21(31)28-14-25(15-28)16-29(22(32)12-27-7-9-34-10-8-27)20(13-30)24-23(25)18-6-5-17(33-3)11-19(18)26(24)2/h5-6,11,20,30H,4,7-10,12-16H2,1-3H3/t20-/m0/s1. The number of carbonyl (C=O) groups excluding carboxylic acids is 2. The maximum absolute atomic E-state index is 13.6. The van der Waals surface area contributed by atoms with E-state index in [0.29, 0.717) is 45.8 Å². The van der Waals surface area contributed by atoms with E-state index in [1.54, 1.807) is 7.11 Å². The van der Waals surface area contributed by atoms with Crippen molar-refractivity contribution in [1.82, 2.24) is 19.3 Å². The van der Waals surface area contributed by atoms with Gasteiger partial charge in [-0.05, 0) is 17.7 Å². The molecule has 5 rings (SSSR count). The zero-order valence-electron chi connectivity index (χ0n) is 20.2. The molecule has 1 aromatic heterocycles. The zero-order chi connectivity index (χ0) is 24.0. The Morgan fingerprint density at radius 1 is 1.18 bits per heavy atom. The lowest BCUT2D eigenvalue weighted by atomic mass is 9.68. The molecule has 2 amide bonds. The monoisotopic (exact) mass is 470 g/mol. The summed E-state index contributed by atoms with van der Waals surface area (Å²) in [5, 5.41) is 11.6. The van der Waals surface area contributed by atoms with E-state index in [1.807, 2.05) is 35.9 Å². The fraction of sp³-hybridized carbons (Fsp3) is 0.600. The van der Waals surface area contributed by atoms with Crippen LogP contribution in [-0.2, 0) is 26.8 Å². The summed E-state index contributed by atoms with van der Waals surface area (Å²) in [7, 11) is 3.63. The number of rotatable bonds is 5. The molecule has 2 saturated heterocycles. The molecule has 2 aromatic rings. The van der Waals surface area contributed by atoms with Crippen LogP contribution in [0.2, 0.25) is 0 Å². The second-order valence-electron chi connectivity index (χ2n) is 9.69. The molecule has 0 radical (unpaired) electrons. The molecule has 2 fully saturated rings. The third-order valence-corrected chi connectivity index (χ3v) is 7.75. The summed E-state index contributed by atoms with van der Waals surface area (Å²) >= 11 is 0. The van der Waals surface area contributed by atoms with E-state index in [4.69, 9.17) is 9.47 Å². The van der Waals surface area contributed by atoms with Crippen LogP contribution in [0.5, 0.6) is 5.75 Å². The molecular weight excluding hydrogens is 436 g/mol. The van der Waals surface area contributed by atoms with Crippen molar-refractivity contribution in [1.29, 1.82) is 0 Å². The van der Waals surface area contributed by atoms with E-state index < -0.39 is 6.04 Å². The van der Waals surface area contributed by atoms with Gasteiger partial charge in [0.05, 0.1) is 50.4 Å². The Balaban J connectivity index is 1.58. The Kier molecular flexibility index (Phi) is 6.03. The number of fused-ring (bicyclic) bond motifs is 4. The molecule has 3 aliphatic rings. The van der Waals surface area contributed by atoms with Gasteiger partial charge in [0.2, 0.25) is 11.8 Å². The van der Waals surface area contributed by atoms with Crippen molar-refractivity contribution in [3.05, 3.63) is 29.5 Å². The second kappa shape index (κ2) is 8.87. The van der Waals surface area contributed by atoms with Crippen molar-refractivity contribution in [3.8, 4) is 5.75 Å². The number of likely N-dealkylation sites (tertiary alicyclic amines) is 1. The smallest absolute Gasteiger partial charge is 0.237 e. The third-order valence-electron chi connectivity index (χ3n) is 7.75. The number of morpholine rings is 1. The van der Waals surface area contributed by atoms with Crippen molar-refractivity contribution >= 4 is 22.7 Å². The Hall–Kier alpha value is -2.62. The Bertz CT molecular complexity index is 1100. The number of aryl methyl sites for hydroxylation is 1. The highest BCUT2D eigenvalue weighted by atomic mass is 16.5. The van der Waals surface area contributed by atoms with Gasteiger partial charge < -0.3 is 28.9 Å². The van der Waals surface area contributed by atoms with E-state index in [-0.39, 0.29) is 23.8 Å². The average molecular weight is 471 g/mol. The van der Waals surface area contributed by atoms with Crippen LogP contribution in [0, 0.1) is 0 Å². The first-order valence-corrected chi connectivity index (χ1v) is 12.1. The lowest BCUT2D eigenvalue weighted by Gasteiger charge is -2.56. The summed E-state index contributed by atoms with van der Waals surface area (Å²) in [6, 6.07) is 5.59. The maximum atomic E-state index is 13.6. The van der Waals surface area contributed by atoms with Gasteiger partial charge in [-0.25, -0.2) is 0 Å². The maximum Gasteiger partial charge on any atom is 0.237 e. The minimum atomic E-state index is -0.437. The molecule has 1 atom stereocenters. The SMILES string of the molecule is CCC(=O)N1CC2(C1)CN(C(=O)CN1CCOCC1)[C@@H](CO)c1c2c2ccc(OC)cc2n1C. The van der Waals surface area contributed by atoms with Gasteiger partial charge in [0.1, 0.15) is 5.75 Å². The molecule has 0 saturated carbocycles. The molecular formula is C25H34N4O5. The molecule has 1 spiro atoms. The largest absolute Gasteiger partial charge is 0.497 e. The highest BCUT2D eigenvalue weighted by molar-refractivity contribution is 5.91. The Morgan fingerprint density at radius 2 is 1.91 bits per heavy atom. The number of benzene rings is 1. The van der Waals surface area contributed by atoms with Gasteiger partial charge in [-0.3, -0.25) is 14.5 Å². The average Bonchev–Trinajstić information content (AvgIpc) is 3.14. The van der Waals surface area contributed by atoms with Crippen LogP contribution >= 0.6 is 0 Å². The Morgan fingerprint density at radius 3 is 2.56 bits per heavy atom. The van der Waals surface area contributed by atoms with Crippen LogP contribution in [0.25, 0.3) is 10.9 Å². The molecule has 184 valence electrons. The number of hydrogen-bond donors (Lipinski definition) is 1. The summed E-state index contributed by atoms with van der Waals surface area (Å²) in [5.74, 6) is 0.898. The van der Waals surface area contributed by atoms with Crippen molar-refractivity contribution in [3.63, 3.8) is 0 Å². The van der Waals surface area contributed by atoms with Gasteiger partial charge >= 0.3 is 0 Å².